The lowest BCUT2D eigenvalue weighted by atomic mass is 9.88. The Morgan fingerprint density at radius 2 is 1.88 bits per heavy atom. The molecule has 3 aromatic rings. The summed E-state index contributed by atoms with van der Waals surface area (Å²) in [5.41, 5.74) is 4.28. The molecule has 0 radical (unpaired) electrons. The van der Waals surface area contributed by atoms with Gasteiger partial charge in [-0.15, -0.1) is 0 Å². The molecular formula is C21H22N2O. The summed E-state index contributed by atoms with van der Waals surface area (Å²) in [4.78, 5) is 6.90. The molecule has 0 aliphatic carbocycles. The van der Waals surface area contributed by atoms with E-state index in [9.17, 15) is 0 Å². The van der Waals surface area contributed by atoms with Gasteiger partial charge in [-0.3, -0.25) is 4.90 Å². The average molecular weight is 318 g/mol. The Morgan fingerprint density at radius 1 is 1.08 bits per heavy atom. The molecule has 1 unspecified atom stereocenters. The Balaban J connectivity index is 1.64. The maximum absolute atomic E-state index is 5.72. The van der Waals surface area contributed by atoms with Gasteiger partial charge in [0.1, 0.15) is 5.76 Å². The molecule has 0 saturated carbocycles. The summed E-state index contributed by atoms with van der Waals surface area (Å²) in [5, 5.41) is 0. The van der Waals surface area contributed by atoms with Crippen LogP contribution in [0.3, 0.4) is 0 Å². The molecule has 0 fully saturated rings. The molecular weight excluding hydrogens is 296 g/mol. The van der Waals surface area contributed by atoms with Crippen molar-refractivity contribution in [3.05, 3.63) is 89.1 Å². The summed E-state index contributed by atoms with van der Waals surface area (Å²) in [6.45, 7) is 3.75. The molecule has 3 nitrogen and oxygen atoms in total. The molecule has 122 valence electrons. The molecule has 0 amide bonds. The van der Waals surface area contributed by atoms with Crippen LogP contribution in [0.4, 0.5) is 0 Å². The lowest BCUT2D eigenvalue weighted by Crippen LogP contribution is -2.36. The Morgan fingerprint density at radius 3 is 2.67 bits per heavy atom. The summed E-state index contributed by atoms with van der Waals surface area (Å²) < 4.78 is 5.72. The van der Waals surface area contributed by atoms with Crippen LogP contribution in [-0.4, -0.2) is 16.4 Å². The number of oxazole rings is 1. The van der Waals surface area contributed by atoms with Crippen molar-refractivity contribution in [3.8, 4) is 0 Å². The molecule has 2 aromatic carbocycles. The highest BCUT2D eigenvalue weighted by Crippen LogP contribution is 2.33. The van der Waals surface area contributed by atoms with E-state index in [4.69, 9.17) is 4.42 Å². The van der Waals surface area contributed by atoms with E-state index >= 15 is 0 Å². The number of benzene rings is 2. The minimum atomic E-state index is 0.365. The van der Waals surface area contributed by atoms with Gasteiger partial charge in [-0.2, -0.15) is 0 Å². The minimum absolute atomic E-state index is 0.365. The van der Waals surface area contributed by atoms with E-state index in [1.54, 1.807) is 6.20 Å². The monoisotopic (exact) mass is 318 g/mol. The van der Waals surface area contributed by atoms with Crippen LogP contribution in [0.25, 0.3) is 0 Å². The van der Waals surface area contributed by atoms with E-state index < -0.39 is 0 Å². The summed E-state index contributed by atoms with van der Waals surface area (Å²) in [6.07, 6.45) is 3.90. The van der Waals surface area contributed by atoms with Gasteiger partial charge in [0.05, 0.1) is 12.7 Å². The first-order chi connectivity index (χ1) is 11.8. The highest BCUT2D eigenvalue weighted by molar-refractivity contribution is 5.34. The Labute approximate surface area is 143 Å². The zero-order valence-corrected chi connectivity index (χ0v) is 14.0. The molecule has 0 bridgehead atoms. The fourth-order valence-electron chi connectivity index (χ4n) is 3.62. The number of aryl methyl sites for hydroxylation is 1. The number of nitrogens with zero attached hydrogens (tertiary/aromatic N) is 2. The fraction of sp³-hybridized carbons (Fsp3) is 0.286. The number of aromatic nitrogens is 1. The Kier molecular flexibility index (Phi) is 4.18. The van der Waals surface area contributed by atoms with E-state index in [0.29, 0.717) is 6.04 Å². The van der Waals surface area contributed by atoms with E-state index in [0.717, 1.165) is 37.6 Å². The molecule has 24 heavy (non-hydrogen) atoms. The summed E-state index contributed by atoms with van der Waals surface area (Å²) in [5.74, 6) is 1.69. The van der Waals surface area contributed by atoms with Crippen LogP contribution in [0, 0.1) is 6.92 Å². The fourth-order valence-corrected chi connectivity index (χ4v) is 3.62. The first kappa shape index (κ1) is 15.2. The Hall–Kier alpha value is -2.39. The molecule has 0 spiro atoms. The molecule has 2 heterocycles. The number of hydrogen-bond donors (Lipinski definition) is 0. The second kappa shape index (κ2) is 6.62. The van der Waals surface area contributed by atoms with Gasteiger partial charge in [-0.25, -0.2) is 4.98 Å². The first-order valence-electron chi connectivity index (χ1n) is 8.57. The highest BCUT2D eigenvalue weighted by Gasteiger charge is 2.28. The minimum Gasteiger partial charge on any atom is -0.445 e. The maximum atomic E-state index is 5.72. The first-order valence-corrected chi connectivity index (χ1v) is 8.57. The normalized spacial score (nSPS) is 17.6. The summed E-state index contributed by atoms with van der Waals surface area (Å²) >= 11 is 0. The predicted octanol–water partition coefficient (Wildman–Crippen LogP) is 4.33. The van der Waals surface area contributed by atoms with Crippen LogP contribution in [0.1, 0.15) is 34.4 Å². The van der Waals surface area contributed by atoms with Crippen LogP contribution in [0.2, 0.25) is 0 Å². The lowest BCUT2D eigenvalue weighted by molar-refractivity contribution is 0.158. The second-order valence-corrected chi connectivity index (χ2v) is 6.49. The average Bonchev–Trinajstić information content (AvgIpc) is 3.03. The van der Waals surface area contributed by atoms with Crippen molar-refractivity contribution in [2.24, 2.45) is 0 Å². The van der Waals surface area contributed by atoms with Gasteiger partial charge in [0, 0.05) is 12.6 Å². The van der Waals surface area contributed by atoms with Gasteiger partial charge in [0.2, 0.25) is 5.89 Å². The van der Waals surface area contributed by atoms with Crippen molar-refractivity contribution in [1.29, 1.82) is 0 Å². The molecule has 0 saturated heterocycles. The van der Waals surface area contributed by atoms with Gasteiger partial charge in [-0.05, 0) is 36.5 Å². The third kappa shape index (κ3) is 3.13. The van der Waals surface area contributed by atoms with Crippen LogP contribution in [0.5, 0.6) is 0 Å². The summed E-state index contributed by atoms with van der Waals surface area (Å²) in [7, 11) is 0. The van der Waals surface area contributed by atoms with Crippen LogP contribution >= 0.6 is 0 Å². The smallest absolute Gasteiger partial charge is 0.208 e. The molecule has 1 aromatic heterocycles. The highest BCUT2D eigenvalue weighted by atomic mass is 16.4. The SMILES string of the molecule is Cc1cnc(CN2CCc3ccccc3C2Cc2ccccc2)o1. The molecule has 4 rings (SSSR count). The number of hydrogen-bond acceptors (Lipinski definition) is 3. The van der Waals surface area contributed by atoms with Crippen molar-refractivity contribution < 1.29 is 4.42 Å². The number of fused-ring (bicyclic) bond motifs is 1. The third-order valence-corrected chi connectivity index (χ3v) is 4.80. The van der Waals surface area contributed by atoms with E-state index in [1.165, 1.54) is 16.7 Å². The van der Waals surface area contributed by atoms with Gasteiger partial charge < -0.3 is 4.42 Å². The second-order valence-electron chi connectivity index (χ2n) is 6.49. The van der Waals surface area contributed by atoms with E-state index in [1.807, 2.05) is 6.92 Å². The van der Waals surface area contributed by atoms with Crippen molar-refractivity contribution in [1.82, 2.24) is 9.88 Å². The zero-order chi connectivity index (χ0) is 16.4. The lowest BCUT2D eigenvalue weighted by Gasteiger charge is -2.36. The van der Waals surface area contributed by atoms with Crippen LogP contribution in [-0.2, 0) is 19.4 Å². The summed E-state index contributed by atoms with van der Waals surface area (Å²) in [6, 6.07) is 19.9. The molecule has 1 aliphatic rings. The largest absolute Gasteiger partial charge is 0.445 e. The van der Waals surface area contributed by atoms with Gasteiger partial charge in [0.15, 0.2) is 0 Å². The Bertz CT molecular complexity index is 809. The zero-order valence-electron chi connectivity index (χ0n) is 14.0. The van der Waals surface area contributed by atoms with Gasteiger partial charge in [-0.1, -0.05) is 54.6 Å². The molecule has 1 atom stereocenters. The van der Waals surface area contributed by atoms with Crippen LogP contribution < -0.4 is 0 Å². The predicted molar refractivity (Wildman–Crippen MR) is 94.7 cm³/mol. The van der Waals surface area contributed by atoms with E-state index in [-0.39, 0.29) is 0 Å². The molecule has 1 aliphatic heterocycles. The third-order valence-electron chi connectivity index (χ3n) is 4.80. The van der Waals surface area contributed by atoms with Crippen molar-refractivity contribution in [2.75, 3.05) is 6.54 Å². The topological polar surface area (TPSA) is 29.3 Å². The van der Waals surface area contributed by atoms with Crippen LogP contribution in [0.15, 0.2) is 65.2 Å². The maximum Gasteiger partial charge on any atom is 0.208 e. The quantitative estimate of drug-likeness (QED) is 0.717. The van der Waals surface area contributed by atoms with Crippen molar-refractivity contribution >= 4 is 0 Å². The van der Waals surface area contributed by atoms with Gasteiger partial charge in [0.25, 0.3) is 0 Å². The molecule has 3 heteroatoms. The molecule has 0 N–H and O–H groups in total. The van der Waals surface area contributed by atoms with Crippen molar-refractivity contribution in [3.63, 3.8) is 0 Å². The number of rotatable bonds is 4. The van der Waals surface area contributed by atoms with Crippen molar-refractivity contribution in [2.45, 2.75) is 32.4 Å². The van der Waals surface area contributed by atoms with Gasteiger partial charge >= 0.3 is 0 Å². The van der Waals surface area contributed by atoms with E-state index in [2.05, 4.69) is 64.5 Å². The standard InChI is InChI=1S/C21H22N2O/c1-16-14-22-21(24-16)15-23-12-11-18-9-5-6-10-19(18)20(23)13-17-7-3-2-4-8-17/h2-10,14,20H,11-13,15H2,1H3.